The summed E-state index contributed by atoms with van der Waals surface area (Å²) in [7, 11) is 1.75. The van der Waals surface area contributed by atoms with E-state index in [9.17, 15) is 4.79 Å². The molecule has 0 bridgehead atoms. The SMILES string of the molecule is CCn1cc(Br)c(CN(C)C(=O)c2cccc(COc3c(Cl)cc(Cl)cc3Cl)c2)n1. The van der Waals surface area contributed by atoms with E-state index in [0.717, 1.165) is 22.3 Å². The minimum atomic E-state index is -0.114. The van der Waals surface area contributed by atoms with Gasteiger partial charge in [-0.3, -0.25) is 9.48 Å². The summed E-state index contributed by atoms with van der Waals surface area (Å²) in [6, 6.07) is 10.4. The number of aryl methyl sites for hydroxylation is 1. The van der Waals surface area contributed by atoms with Crippen molar-refractivity contribution in [3.63, 3.8) is 0 Å². The van der Waals surface area contributed by atoms with Crippen molar-refractivity contribution in [2.75, 3.05) is 7.05 Å². The predicted octanol–water partition coefficient (Wildman–Crippen LogP) is 6.48. The fourth-order valence-corrected chi connectivity index (χ4v) is 4.21. The third kappa shape index (κ3) is 5.49. The van der Waals surface area contributed by atoms with Gasteiger partial charge in [0.25, 0.3) is 5.91 Å². The molecule has 3 rings (SSSR count). The lowest BCUT2D eigenvalue weighted by atomic mass is 10.1. The van der Waals surface area contributed by atoms with Gasteiger partial charge in [0.15, 0.2) is 5.75 Å². The van der Waals surface area contributed by atoms with Gasteiger partial charge in [0.05, 0.1) is 26.8 Å². The van der Waals surface area contributed by atoms with Crippen molar-refractivity contribution in [3.05, 3.63) is 79.0 Å². The number of hydrogen-bond donors (Lipinski definition) is 0. The summed E-state index contributed by atoms with van der Waals surface area (Å²) >= 11 is 21.7. The second-order valence-electron chi connectivity index (χ2n) is 6.63. The molecule has 0 saturated heterocycles. The minimum Gasteiger partial charge on any atom is -0.486 e. The Bertz CT molecular complexity index is 1050. The van der Waals surface area contributed by atoms with Crippen molar-refractivity contribution >= 4 is 56.6 Å². The highest BCUT2D eigenvalue weighted by Gasteiger charge is 2.16. The highest BCUT2D eigenvalue weighted by Crippen LogP contribution is 2.36. The lowest BCUT2D eigenvalue weighted by Crippen LogP contribution is -2.26. The third-order valence-electron chi connectivity index (χ3n) is 4.36. The molecule has 5 nitrogen and oxygen atoms in total. The van der Waals surface area contributed by atoms with Crippen molar-refractivity contribution in [2.24, 2.45) is 0 Å². The van der Waals surface area contributed by atoms with E-state index >= 15 is 0 Å². The van der Waals surface area contributed by atoms with Gasteiger partial charge in [0.2, 0.25) is 0 Å². The monoisotopic (exact) mass is 529 g/mol. The van der Waals surface area contributed by atoms with Crippen molar-refractivity contribution in [2.45, 2.75) is 26.6 Å². The molecule has 0 spiro atoms. The Kier molecular flexibility index (Phi) is 7.69. The fraction of sp³-hybridized carbons (Fsp3) is 0.238. The first-order valence-corrected chi connectivity index (χ1v) is 11.0. The van der Waals surface area contributed by atoms with Crippen molar-refractivity contribution in [1.29, 1.82) is 0 Å². The second kappa shape index (κ2) is 10.1. The maximum atomic E-state index is 12.9. The maximum Gasteiger partial charge on any atom is 0.253 e. The molecule has 2 aromatic carbocycles. The van der Waals surface area contributed by atoms with Crippen LogP contribution in [0.15, 0.2) is 47.1 Å². The first-order chi connectivity index (χ1) is 14.3. The van der Waals surface area contributed by atoms with Crippen molar-refractivity contribution in [1.82, 2.24) is 14.7 Å². The molecule has 0 unspecified atom stereocenters. The van der Waals surface area contributed by atoms with Crippen LogP contribution in [0.3, 0.4) is 0 Å². The summed E-state index contributed by atoms with van der Waals surface area (Å²) < 4.78 is 8.46. The zero-order valence-electron chi connectivity index (χ0n) is 16.3. The van der Waals surface area contributed by atoms with E-state index in [-0.39, 0.29) is 12.5 Å². The third-order valence-corrected chi connectivity index (χ3v) is 5.81. The van der Waals surface area contributed by atoms with Gasteiger partial charge in [-0.2, -0.15) is 5.10 Å². The van der Waals surface area contributed by atoms with Gasteiger partial charge in [0, 0.05) is 30.4 Å². The molecule has 0 aliphatic heterocycles. The van der Waals surface area contributed by atoms with E-state index in [2.05, 4.69) is 21.0 Å². The van der Waals surface area contributed by atoms with Crippen LogP contribution in [0.2, 0.25) is 15.1 Å². The van der Waals surface area contributed by atoms with Crippen LogP contribution in [0.4, 0.5) is 0 Å². The quantitative estimate of drug-likeness (QED) is 0.351. The summed E-state index contributed by atoms with van der Waals surface area (Å²) in [4.78, 5) is 14.5. The van der Waals surface area contributed by atoms with Gasteiger partial charge < -0.3 is 9.64 Å². The number of benzene rings is 2. The molecule has 0 radical (unpaired) electrons. The summed E-state index contributed by atoms with van der Waals surface area (Å²) in [5.41, 5.74) is 2.17. The zero-order valence-corrected chi connectivity index (χ0v) is 20.2. The fourth-order valence-electron chi connectivity index (χ4n) is 2.84. The Hall–Kier alpha value is -1.73. The number of amides is 1. The van der Waals surface area contributed by atoms with Crippen LogP contribution in [0.1, 0.15) is 28.5 Å². The molecule has 158 valence electrons. The van der Waals surface area contributed by atoms with Crippen molar-refractivity contribution < 1.29 is 9.53 Å². The largest absolute Gasteiger partial charge is 0.486 e. The van der Waals surface area contributed by atoms with Crippen LogP contribution in [0.5, 0.6) is 5.75 Å². The molecule has 0 aliphatic rings. The van der Waals surface area contributed by atoms with Gasteiger partial charge in [-0.1, -0.05) is 46.9 Å². The lowest BCUT2D eigenvalue weighted by molar-refractivity contribution is 0.0782. The maximum absolute atomic E-state index is 12.9. The number of ether oxygens (including phenoxy) is 1. The van der Waals surface area contributed by atoms with Gasteiger partial charge in [-0.25, -0.2) is 0 Å². The Labute approximate surface area is 198 Å². The highest BCUT2D eigenvalue weighted by molar-refractivity contribution is 9.10. The Balaban J connectivity index is 1.70. The van der Waals surface area contributed by atoms with E-state index in [1.807, 2.05) is 29.9 Å². The Morgan fingerprint density at radius 1 is 1.20 bits per heavy atom. The van der Waals surface area contributed by atoms with Crippen LogP contribution in [-0.4, -0.2) is 27.6 Å². The second-order valence-corrected chi connectivity index (χ2v) is 8.73. The summed E-state index contributed by atoms with van der Waals surface area (Å²) in [5, 5.41) is 5.56. The molecular weight excluding hydrogens is 513 g/mol. The topological polar surface area (TPSA) is 47.4 Å². The lowest BCUT2D eigenvalue weighted by Gasteiger charge is -2.17. The molecule has 1 heterocycles. The standard InChI is InChI=1S/C21H19BrCl3N3O2/c1-3-28-10-16(22)19(26-28)11-27(2)21(29)14-6-4-5-13(7-14)12-30-20-17(24)8-15(23)9-18(20)25/h4-10H,3,11-12H2,1-2H3. The molecule has 30 heavy (non-hydrogen) atoms. The highest BCUT2D eigenvalue weighted by atomic mass is 79.9. The molecule has 0 aliphatic carbocycles. The Morgan fingerprint density at radius 2 is 1.90 bits per heavy atom. The number of carbonyl (C=O) groups is 1. The summed E-state index contributed by atoms with van der Waals surface area (Å²) in [6.45, 7) is 3.37. The molecule has 1 amide bonds. The average molecular weight is 532 g/mol. The van der Waals surface area contributed by atoms with Crippen LogP contribution in [0, 0.1) is 0 Å². The van der Waals surface area contributed by atoms with Crippen LogP contribution < -0.4 is 4.74 Å². The van der Waals surface area contributed by atoms with Crippen molar-refractivity contribution in [3.8, 4) is 5.75 Å². The van der Waals surface area contributed by atoms with Gasteiger partial charge >= 0.3 is 0 Å². The molecule has 0 saturated carbocycles. The number of aromatic nitrogens is 2. The normalized spacial score (nSPS) is 10.9. The molecular formula is C21H19BrCl3N3O2. The zero-order chi connectivity index (χ0) is 21.8. The number of carbonyl (C=O) groups excluding carboxylic acids is 1. The first-order valence-electron chi connectivity index (χ1n) is 9.12. The van der Waals surface area contributed by atoms with E-state index < -0.39 is 0 Å². The van der Waals surface area contributed by atoms with E-state index in [1.165, 1.54) is 0 Å². The predicted molar refractivity (Wildman–Crippen MR) is 124 cm³/mol. The van der Waals surface area contributed by atoms with Crippen LogP contribution in [-0.2, 0) is 19.7 Å². The number of nitrogens with zero attached hydrogens (tertiary/aromatic N) is 3. The molecule has 1 aromatic heterocycles. The summed E-state index contributed by atoms with van der Waals surface area (Å²) in [5.74, 6) is 0.241. The van der Waals surface area contributed by atoms with Gasteiger partial charge in [-0.15, -0.1) is 0 Å². The minimum absolute atomic E-state index is 0.114. The van der Waals surface area contributed by atoms with Crippen LogP contribution in [0.25, 0.3) is 0 Å². The summed E-state index contributed by atoms with van der Waals surface area (Å²) in [6.07, 6.45) is 1.90. The van der Waals surface area contributed by atoms with E-state index in [0.29, 0.717) is 32.9 Å². The van der Waals surface area contributed by atoms with Crippen LogP contribution >= 0.6 is 50.7 Å². The van der Waals surface area contributed by atoms with E-state index in [1.54, 1.807) is 36.2 Å². The molecule has 0 fully saturated rings. The molecule has 3 aromatic rings. The smallest absolute Gasteiger partial charge is 0.253 e. The average Bonchev–Trinajstić information content (AvgIpc) is 3.06. The van der Waals surface area contributed by atoms with Gasteiger partial charge in [0.1, 0.15) is 6.61 Å². The molecule has 0 N–H and O–H groups in total. The Morgan fingerprint density at radius 3 is 2.53 bits per heavy atom. The molecule has 9 heteroatoms. The number of halogens is 4. The number of hydrogen-bond acceptors (Lipinski definition) is 3. The van der Waals surface area contributed by atoms with Gasteiger partial charge in [-0.05, 0) is 52.7 Å². The number of rotatable bonds is 7. The first kappa shape index (κ1) is 22.9. The van der Waals surface area contributed by atoms with E-state index in [4.69, 9.17) is 39.5 Å². The molecule has 0 atom stereocenters.